The van der Waals surface area contributed by atoms with E-state index in [9.17, 15) is 9.59 Å². The predicted octanol–water partition coefficient (Wildman–Crippen LogP) is 0.475. The average Bonchev–Trinajstić information content (AvgIpc) is 2.41. The first-order valence-electron chi connectivity index (χ1n) is 4.67. The van der Waals surface area contributed by atoms with Crippen LogP contribution in [0.5, 0.6) is 0 Å². The van der Waals surface area contributed by atoms with Gasteiger partial charge in [0.2, 0.25) is 0 Å². The highest BCUT2D eigenvalue weighted by Gasteiger charge is 2.29. The van der Waals surface area contributed by atoms with E-state index >= 15 is 0 Å². The average molecular weight is 195 g/mol. The largest absolute Gasteiger partial charge is 0.480 e. The first-order valence-corrected chi connectivity index (χ1v) is 4.67. The molecule has 1 rings (SSSR count). The topological polar surface area (TPSA) is 57.6 Å². The molecule has 0 radical (unpaired) electrons. The Morgan fingerprint density at radius 2 is 2.07 bits per heavy atom. The number of carboxylic acids is 1. The number of rotatable bonds is 1. The number of hydrogen-bond donors (Lipinski definition) is 1. The van der Waals surface area contributed by atoms with Crippen LogP contribution < -0.4 is 0 Å². The Kier molecular flexibility index (Phi) is 3.52. The Bertz CT molecular complexity index is 280. The smallest absolute Gasteiger partial charge is 0.326 e. The highest BCUT2D eigenvalue weighted by Crippen LogP contribution is 2.16. The summed E-state index contributed by atoms with van der Waals surface area (Å²) in [5.74, 6) is 0.494. The van der Waals surface area contributed by atoms with Gasteiger partial charge in [0, 0.05) is 6.54 Å². The lowest BCUT2D eigenvalue weighted by Gasteiger charge is -2.24. The van der Waals surface area contributed by atoms with Gasteiger partial charge in [-0.05, 0) is 18.8 Å². The maximum Gasteiger partial charge on any atom is 0.326 e. The molecule has 14 heavy (non-hydrogen) atoms. The number of nitrogens with zero attached hydrogens (tertiary/aromatic N) is 1. The van der Waals surface area contributed by atoms with E-state index in [4.69, 9.17) is 11.5 Å². The fourth-order valence-electron chi connectivity index (χ4n) is 1.69. The van der Waals surface area contributed by atoms with Crippen molar-refractivity contribution >= 4 is 11.9 Å². The van der Waals surface area contributed by atoms with E-state index in [-0.39, 0.29) is 0 Å². The van der Waals surface area contributed by atoms with Crippen LogP contribution in [0.1, 0.15) is 25.7 Å². The highest BCUT2D eigenvalue weighted by atomic mass is 16.4. The standard InChI is InChI=1S/C10H13NO3/c1-2-9(12)11-7-5-3-4-6-8(11)10(13)14/h1,8H,3-7H2,(H,13,14). The van der Waals surface area contributed by atoms with Crippen molar-refractivity contribution in [1.82, 2.24) is 4.90 Å². The van der Waals surface area contributed by atoms with Crippen molar-refractivity contribution in [2.75, 3.05) is 6.54 Å². The van der Waals surface area contributed by atoms with Crippen molar-refractivity contribution in [1.29, 1.82) is 0 Å². The van der Waals surface area contributed by atoms with E-state index in [2.05, 4.69) is 0 Å². The number of hydrogen-bond acceptors (Lipinski definition) is 2. The van der Waals surface area contributed by atoms with Crippen molar-refractivity contribution in [3.05, 3.63) is 0 Å². The molecule has 1 saturated heterocycles. The number of carbonyl (C=O) groups is 2. The van der Waals surface area contributed by atoms with Crippen LogP contribution in [0, 0.1) is 12.3 Å². The fourth-order valence-corrected chi connectivity index (χ4v) is 1.69. The normalized spacial score (nSPS) is 22.2. The van der Waals surface area contributed by atoms with E-state index in [1.54, 1.807) is 0 Å². The number of amides is 1. The number of carbonyl (C=O) groups excluding carboxylic acids is 1. The fraction of sp³-hybridized carbons (Fsp3) is 0.600. The van der Waals surface area contributed by atoms with Gasteiger partial charge in [-0.15, -0.1) is 6.42 Å². The summed E-state index contributed by atoms with van der Waals surface area (Å²) < 4.78 is 0. The van der Waals surface area contributed by atoms with E-state index in [1.807, 2.05) is 5.92 Å². The summed E-state index contributed by atoms with van der Waals surface area (Å²) >= 11 is 0. The van der Waals surface area contributed by atoms with Gasteiger partial charge in [-0.25, -0.2) is 4.79 Å². The summed E-state index contributed by atoms with van der Waals surface area (Å²) in [7, 11) is 0. The van der Waals surface area contributed by atoms with Gasteiger partial charge in [-0.3, -0.25) is 4.79 Å². The van der Waals surface area contributed by atoms with E-state index < -0.39 is 17.9 Å². The molecular weight excluding hydrogens is 182 g/mol. The van der Waals surface area contributed by atoms with Crippen LogP contribution >= 0.6 is 0 Å². The summed E-state index contributed by atoms with van der Waals surface area (Å²) in [5.41, 5.74) is 0. The zero-order valence-corrected chi connectivity index (χ0v) is 7.90. The molecule has 1 heterocycles. The molecule has 1 unspecified atom stereocenters. The molecule has 0 aromatic rings. The third kappa shape index (κ3) is 2.25. The molecule has 0 aromatic carbocycles. The van der Waals surface area contributed by atoms with Crippen molar-refractivity contribution in [3.63, 3.8) is 0 Å². The van der Waals surface area contributed by atoms with Crippen molar-refractivity contribution in [2.45, 2.75) is 31.7 Å². The number of carboxylic acid groups (broad SMARTS) is 1. The zero-order chi connectivity index (χ0) is 10.6. The van der Waals surface area contributed by atoms with Crippen molar-refractivity contribution < 1.29 is 14.7 Å². The summed E-state index contributed by atoms with van der Waals surface area (Å²) in [6.45, 7) is 0.458. The second-order valence-corrected chi connectivity index (χ2v) is 3.35. The minimum Gasteiger partial charge on any atom is -0.480 e. The molecule has 0 aromatic heterocycles. The molecule has 1 N–H and O–H groups in total. The molecule has 1 aliphatic rings. The van der Waals surface area contributed by atoms with Gasteiger partial charge in [0.05, 0.1) is 0 Å². The van der Waals surface area contributed by atoms with Gasteiger partial charge < -0.3 is 10.0 Å². The minimum atomic E-state index is -0.962. The van der Waals surface area contributed by atoms with Crippen LogP contribution in [0.25, 0.3) is 0 Å². The monoisotopic (exact) mass is 195 g/mol. The Balaban J connectivity index is 2.80. The lowest BCUT2D eigenvalue weighted by atomic mass is 10.1. The van der Waals surface area contributed by atoms with Crippen LogP contribution in [0.4, 0.5) is 0 Å². The summed E-state index contributed by atoms with van der Waals surface area (Å²) in [4.78, 5) is 23.4. The van der Waals surface area contributed by atoms with Gasteiger partial charge in [0.25, 0.3) is 5.91 Å². The molecule has 1 aliphatic heterocycles. The minimum absolute atomic E-state index is 0.458. The number of aliphatic carboxylic acids is 1. The first kappa shape index (κ1) is 10.6. The first-order chi connectivity index (χ1) is 6.66. The van der Waals surface area contributed by atoms with Crippen LogP contribution in [0.15, 0.2) is 0 Å². The van der Waals surface area contributed by atoms with E-state index in [1.165, 1.54) is 4.90 Å². The third-order valence-electron chi connectivity index (χ3n) is 2.42. The van der Waals surface area contributed by atoms with Crippen molar-refractivity contribution in [3.8, 4) is 12.3 Å². The molecular formula is C10H13NO3. The van der Waals surface area contributed by atoms with Gasteiger partial charge in [0.15, 0.2) is 0 Å². The lowest BCUT2D eigenvalue weighted by Crippen LogP contribution is -2.44. The maximum absolute atomic E-state index is 11.3. The van der Waals surface area contributed by atoms with Crippen LogP contribution in [-0.4, -0.2) is 34.5 Å². The van der Waals surface area contributed by atoms with Gasteiger partial charge in [0.1, 0.15) is 6.04 Å². The SMILES string of the molecule is C#CC(=O)N1CCCCCC1C(=O)O. The molecule has 4 nitrogen and oxygen atoms in total. The van der Waals surface area contributed by atoms with Crippen LogP contribution in [0.2, 0.25) is 0 Å². The molecule has 76 valence electrons. The van der Waals surface area contributed by atoms with Crippen LogP contribution in [0.3, 0.4) is 0 Å². The molecule has 0 saturated carbocycles. The zero-order valence-electron chi connectivity index (χ0n) is 7.90. The van der Waals surface area contributed by atoms with E-state index in [0.29, 0.717) is 13.0 Å². The Labute approximate surface area is 82.9 Å². The lowest BCUT2D eigenvalue weighted by molar-refractivity contribution is -0.148. The Hall–Kier alpha value is -1.50. The maximum atomic E-state index is 11.3. The summed E-state index contributed by atoms with van der Waals surface area (Å²) in [6, 6.07) is -0.735. The second kappa shape index (κ2) is 4.66. The van der Waals surface area contributed by atoms with Gasteiger partial charge in [-0.2, -0.15) is 0 Å². The third-order valence-corrected chi connectivity index (χ3v) is 2.42. The summed E-state index contributed by atoms with van der Waals surface area (Å²) in [6.07, 6.45) is 8.11. The molecule has 0 bridgehead atoms. The Morgan fingerprint density at radius 1 is 1.36 bits per heavy atom. The Morgan fingerprint density at radius 3 is 2.64 bits per heavy atom. The molecule has 4 heteroatoms. The molecule has 1 amide bonds. The van der Waals surface area contributed by atoms with Gasteiger partial charge in [-0.1, -0.05) is 12.8 Å². The summed E-state index contributed by atoms with van der Waals surface area (Å²) in [5, 5.41) is 8.92. The molecule has 1 fully saturated rings. The molecule has 0 spiro atoms. The quantitative estimate of drug-likeness (QED) is 0.619. The van der Waals surface area contributed by atoms with E-state index in [0.717, 1.165) is 19.3 Å². The highest BCUT2D eigenvalue weighted by molar-refractivity contribution is 5.95. The second-order valence-electron chi connectivity index (χ2n) is 3.35. The van der Waals surface area contributed by atoms with Crippen LogP contribution in [-0.2, 0) is 9.59 Å². The number of terminal acetylenes is 1. The predicted molar refractivity (Wildman–Crippen MR) is 50.4 cm³/mol. The van der Waals surface area contributed by atoms with Gasteiger partial charge >= 0.3 is 5.97 Å². The van der Waals surface area contributed by atoms with Crippen molar-refractivity contribution in [2.24, 2.45) is 0 Å². The number of likely N-dealkylation sites (tertiary alicyclic amines) is 1. The molecule has 0 aliphatic carbocycles. The molecule has 1 atom stereocenters.